The van der Waals surface area contributed by atoms with Gasteiger partial charge in [0, 0.05) is 0 Å². The van der Waals surface area contributed by atoms with Gasteiger partial charge in [0.25, 0.3) is 0 Å². The highest BCUT2D eigenvalue weighted by Gasteiger charge is 2.53. The molecular formula is C15H28O3. The van der Waals surface area contributed by atoms with E-state index in [-0.39, 0.29) is 17.6 Å². The van der Waals surface area contributed by atoms with Crippen molar-refractivity contribution in [3.63, 3.8) is 0 Å². The van der Waals surface area contributed by atoms with Crippen LogP contribution in [0.3, 0.4) is 0 Å². The Hall–Kier alpha value is -0.120. The maximum Gasteiger partial charge on any atom is 0.0865 e. The van der Waals surface area contributed by atoms with Crippen molar-refractivity contribution in [1.29, 1.82) is 0 Å². The molecule has 5 atom stereocenters. The van der Waals surface area contributed by atoms with Gasteiger partial charge in [0.1, 0.15) is 0 Å². The molecule has 0 amide bonds. The summed E-state index contributed by atoms with van der Waals surface area (Å²) in [5.41, 5.74) is -1.53. The van der Waals surface area contributed by atoms with Crippen LogP contribution in [0.2, 0.25) is 0 Å². The standard InChI is InChI=1S/C15H28O3/c1-10-11(6-8-14(10,4)17)15(5)9-7-12(18-15)13(2,3)16/h10-12,16-17H,6-9H2,1-5H3/t10-,11+,12-,14+,15+/m0/s1. The number of rotatable bonds is 2. The van der Waals surface area contributed by atoms with Gasteiger partial charge < -0.3 is 14.9 Å². The first kappa shape index (κ1) is 14.3. The summed E-state index contributed by atoms with van der Waals surface area (Å²) in [6.07, 6.45) is 3.67. The Labute approximate surface area is 111 Å². The van der Waals surface area contributed by atoms with Gasteiger partial charge in [0.2, 0.25) is 0 Å². The molecule has 1 heterocycles. The van der Waals surface area contributed by atoms with E-state index in [2.05, 4.69) is 13.8 Å². The molecule has 18 heavy (non-hydrogen) atoms. The van der Waals surface area contributed by atoms with Crippen LogP contribution in [-0.2, 0) is 4.74 Å². The van der Waals surface area contributed by atoms with Crippen LogP contribution < -0.4 is 0 Å². The topological polar surface area (TPSA) is 49.7 Å². The lowest BCUT2D eigenvalue weighted by atomic mass is 9.77. The zero-order chi connectivity index (χ0) is 13.8. The number of hydrogen-bond acceptors (Lipinski definition) is 3. The van der Waals surface area contributed by atoms with Crippen molar-refractivity contribution in [2.45, 2.75) is 83.2 Å². The zero-order valence-corrected chi connectivity index (χ0v) is 12.4. The highest BCUT2D eigenvalue weighted by Crippen LogP contribution is 2.51. The molecule has 0 aromatic rings. The molecule has 0 bridgehead atoms. The van der Waals surface area contributed by atoms with E-state index in [1.54, 1.807) is 0 Å². The second kappa shape index (κ2) is 4.19. The van der Waals surface area contributed by atoms with Gasteiger partial charge in [0.15, 0.2) is 0 Å². The normalized spacial score (nSPS) is 49.8. The van der Waals surface area contributed by atoms with Gasteiger partial charge in [-0.05, 0) is 65.2 Å². The van der Waals surface area contributed by atoms with Crippen molar-refractivity contribution in [2.24, 2.45) is 11.8 Å². The first-order valence-corrected chi connectivity index (χ1v) is 7.19. The van der Waals surface area contributed by atoms with Gasteiger partial charge in [-0.2, -0.15) is 0 Å². The minimum Gasteiger partial charge on any atom is -0.390 e. The van der Waals surface area contributed by atoms with Crippen LogP contribution in [0.15, 0.2) is 0 Å². The summed E-state index contributed by atoms with van der Waals surface area (Å²) in [5.74, 6) is 0.642. The molecule has 0 unspecified atom stereocenters. The predicted octanol–water partition coefficient (Wildman–Crippen LogP) is 2.49. The molecule has 2 N–H and O–H groups in total. The van der Waals surface area contributed by atoms with E-state index >= 15 is 0 Å². The summed E-state index contributed by atoms with van der Waals surface area (Å²) in [6.45, 7) is 9.85. The first-order valence-electron chi connectivity index (χ1n) is 7.19. The highest BCUT2D eigenvalue weighted by molar-refractivity contribution is 5.03. The Balaban J connectivity index is 2.11. The van der Waals surface area contributed by atoms with Crippen molar-refractivity contribution in [3.05, 3.63) is 0 Å². The number of hydrogen-bond donors (Lipinski definition) is 2. The lowest BCUT2D eigenvalue weighted by molar-refractivity contribution is -0.144. The molecule has 106 valence electrons. The summed E-state index contributed by atoms with van der Waals surface area (Å²) in [7, 11) is 0. The maximum atomic E-state index is 10.3. The summed E-state index contributed by atoms with van der Waals surface area (Å²) in [5, 5.41) is 20.4. The summed E-state index contributed by atoms with van der Waals surface area (Å²) < 4.78 is 6.20. The molecule has 1 saturated carbocycles. The molecule has 0 aromatic carbocycles. The van der Waals surface area contributed by atoms with Crippen LogP contribution in [0.25, 0.3) is 0 Å². The summed E-state index contributed by atoms with van der Waals surface area (Å²) >= 11 is 0. The van der Waals surface area contributed by atoms with E-state index in [0.29, 0.717) is 5.92 Å². The fraction of sp³-hybridized carbons (Fsp3) is 1.00. The van der Waals surface area contributed by atoms with Crippen LogP contribution in [0.1, 0.15) is 60.3 Å². The second-order valence-corrected chi connectivity index (χ2v) is 7.40. The Morgan fingerprint density at radius 2 is 1.78 bits per heavy atom. The van der Waals surface area contributed by atoms with Crippen LogP contribution in [0.4, 0.5) is 0 Å². The Bertz CT molecular complexity index is 318. The molecule has 3 nitrogen and oxygen atoms in total. The van der Waals surface area contributed by atoms with E-state index in [4.69, 9.17) is 4.74 Å². The van der Waals surface area contributed by atoms with Gasteiger partial charge in [-0.15, -0.1) is 0 Å². The molecular weight excluding hydrogens is 228 g/mol. The molecule has 0 radical (unpaired) electrons. The molecule has 2 fully saturated rings. The minimum absolute atomic E-state index is 0.0831. The van der Waals surface area contributed by atoms with Gasteiger partial charge in [-0.1, -0.05) is 6.92 Å². The second-order valence-electron chi connectivity index (χ2n) is 7.40. The Kier molecular flexibility index (Phi) is 3.33. The number of aliphatic hydroxyl groups is 2. The van der Waals surface area contributed by atoms with Crippen molar-refractivity contribution in [2.75, 3.05) is 0 Å². The van der Waals surface area contributed by atoms with E-state index < -0.39 is 11.2 Å². The third-order valence-electron chi connectivity index (χ3n) is 5.43. The first-order chi connectivity index (χ1) is 8.06. The average molecular weight is 256 g/mol. The lowest BCUT2D eigenvalue weighted by Gasteiger charge is -2.38. The molecule has 0 spiro atoms. The minimum atomic E-state index is -0.776. The molecule has 2 aliphatic rings. The zero-order valence-electron chi connectivity index (χ0n) is 12.4. The van der Waals surface area contributed by atoms with Crippen LogP contribution in [0.5, 0.6) is 0 Å². The molecule has 1 aliphatic carbocycles. The van der Waals surface area contributed by atoms with Crippen molar-refractivity contribution < 1.29 is 14.9 Å². The quantitative estimate of drug-likeness (QED) is 0.798. The van der Waals surface area contributed by atoms with Gasteiger partial charge in [-0.3, -0.25) is 0 Å². The van der Waals surface area contributed by atoms with Crippen molar-refractivity contribution in [1.82, 2.24) is 0 Å². The predicted molar refractivity (Wildman–Crippen MR) is 71.3 cm³/mol. The highest BCUT2D eigenvalue weighted by atomic mass is 16.5. The molecule has 3 heteroatoms. The van der Waals surface area contributed by atoms with Crippen LogP contribution >= 0.6 is 0 Å². The number of ether oxygens (including phenoxy) is 1. The lowest BCUT2D eigenvalue weighted by Crippen LogP contribution is -2.43. The molecule has 0 aromatic heterocycles. The van der Waals surface area contributed by atoms with E-state index in [1.165, 1.54) is 0 Å². The third kappa shape index (κ3) is 2.33. The molecule has 2 rings (SSSR count). The smallest absolute Gasteiger partial charge is 0.0865 e. The van der Waals surface area contributed by atoms with Gasteiger partial charge in [0.05, 0.1) is 22.9 Å². The molecule has 1 saturated heterocycles. The van der Waals surface area contributed by atoms with Crippen molar-refractivity contribution in [3.8, 4) is 0 Å². The van der Waals surface area contributed by atoms with Crippen molar-refractivity contribution >= 4 is 0 Å². The van der Waals surface area contributed by atoms with Gasteiger partial charge >= 0.3 is 0 Å². The van der Waals surface area contributed by atoms with E-state index in [0.717, 1.165) is 25.7 Å². The van der Waals surface area contributed by atoms with Crippen LogP contribution in [0, 0.1) is 11.8 Å². The molecule has 1 aliphatic heterocycles. The fourth-order valence-corrected chi connectivity index (χ4v) is 3.82. The van der Waals surface area contributed by atoms with E-state index in [1.807, 2.05) is 20.8 Å². The fourth-order valence-electron chi connectivity index (χ4n) is 3.82. The SMILES string of the molecule is C[C@H]1[C@H]([C@@]2(C)CC[C@@H](C(C)(C)O)O2)CC[C@@]1(C)O. The third-order valence-corrected chi connectivity index (χ3v) is 5.43. The largest absolute Gasteiger partial charge is 0.390 e. The monoisotopic (exact) mass is 256 g/mol. The van der Waals surface area contributed by atoms with E-state index in [9.17, 15) is 10.2 Å². The Morgan fingerprint density at radius 3 is 2.17 bits per heavy atom. The average Bonchev–Trinajstić information content (AvgIpc) is 2.71. The Morgan fingerprint density at radius 1 is 1.17 bits per heavy atom. The van der Waals surface area contributed by atoms with Crippen LogP contribution in [-0.4, -0.2) is 33.1 Å². The summed E-state index contributed by atoms with van der Waals surface area (Å²) in [6, 6.07) is 0. The van der Waals surface area contributed by atoms with Gasteiger partial charge in [-0.25, -0.2) is 0 Å². The summed E-state index contributed by atoms with van der Waals surface area (Å²) in [4.78, 5) is 0. The maximum absolute atomic E-state index is 10.3.